The molecule has 1 atom stereocenters. The fraction of sp³-hybridized carbons (Fsp3) is 0.294. The molecule has 0 spiro atoms. The maximum absolute atomic E-state index is 13.2. The van der Waals surface area contributed by atoms with Crippen LogP contribution in [0.25, 0.3) is 0 Å². The van der Waals surface area contributed by atoms with Gasteiger partial charge < -0.3 is 9.84 Å². The summed E-state index contributed by atoms with van der Waals surface area (Å²) in [6, 6.07) is 13.7. The van der Waals surface area contributed by atoms with Crippen LogP contribution in [-0.2, 0) is 6.42 Å². The van der Waals surface area contributed by atoms with Crippen molar-refractivity contribution in [3.05, 3.63) is 65.5 Å². The molecular formula is C17H19FO2. The van der Waals surface area contributed by atoms with Gasteiger partial charge in [0.15, 0.2) is 0 Å². The van der Waals surface area contributed by atoms with Crippen molar-refractivity contribution in [1.82, 2.24) is 0 Å². The van der Waals surface area contributed by atoms with Crippen LogP contribution in [0.4, 0.5) is 4.39 Å². The Hall–Kier alpha value is -1.87. The Morgan fingerprint density at radius 1 is 1.10 bits per heavy atom. The number of hydrogen-bond donors (Lipinski definition) is 1. The number of para-hydroxylation sites is 1. The standard InChI is InChI=1S/C17H19FO2/c1-12(2)20-17-9-4-3-8-15(17)16(19)11-13-6-5-7-14(18)10-13/h3-10,12,16,19H,11H2,1-2H3. The highest BCUT2D eigenvalue weighted by Crippen LogP contribution is 2.28. The van der Waals surface area contributed by atoms with Gasteiger partial charge in [0.2, 0.25) is 0 Å². The largest absolute Gasteiger partial charge is 0.491 e. The van der Waals surface area contributed by atoms with E-state index in [0.717, 1.165) is 11.1 Å². The first-order valence-electron chi connectivity index (χ1n) is 6.74. The topological polar surface area (TPSA) is 29.5 Å². The average molecular weight is 274 g/mol. The summed E-state index contributed by atoms with van der Waals surface area (Å²) in [4.78, 5) is 0. The fourth-order valence-corrected chi connectivity index (χ4v) is 2.11. The van der Waals surface area contributed by atoms with Crippen molar-refractivity contribution in [3.8, 4) is 5.75 Å². The van der Waals surface area contributed by atoms with Gasteiger partial charge in [0.1, 0.15) is 11.6 Å². The highest BCUT2D eigenvalue weighted by atomic mass is 19.1. The molecule has 1 N–H and O–H groups in total. The lowest BCUT2D eigenvalue weighted by atomic mass is 10.0. The number of aliphatic hydroxyl groups is 1. The Morgan fingerprint density at radius 2 is 1.85 bits per heavy atom. The van der Waals surface area contributed by atoms with Crippen molar-refractivity contribution in [2.24, 2.45) is 0 Å². The molecule has 3 heteroatoms. The van der Waals surface area contributed by atoms with Crippen molar-refractivity contribution in [1.29, 1.82) is 0 Å². The molecule has 0 aliphatic heterocycles. The Bertz CT molecular complexity index is 566. The first kappa shape index (κ1) is 14.5. The van der Waals surface area contributed by atoms with Crippen molar-refractivity contribution >= 4 is 0 Å². The first-order valence-corrected chi connectivity index (χ1v) is 6.74. The van der Waals surface area contributed by atoms with Gasteiger partial charge in [-0.3, -0.25) is 0 Å². The highest BCUT2D eigenvalue weighted by Gasteiger charge is 2.14. The van der Waals surface area contributed by atoms with Gasteiger partial charge in [0.05, 0.1) is 12.2 Å². The minimum Gasteiger partial charge on any atom is -0.491 e. The van der Waals surface area contributed by atoms with E-state index in [2.05, 4.69) is 0 Å². The molecule has 0 saturated carbocycles. The monoisotopic (exact) mass is 274 g/mol. The molecule has 2 rings (SSSR count). The molecule has 0 fully saturated rings. The van der Waals surface area contributed by atoms with E-state index >= 15 is 0 Å². The van der Waals surface area contributed by atoms with Gasteiger partial charge in [-0.25, -0.2) is 4.39 Å². The third-order valence-electron chi connectivity index (χ3n) is 2.96. The van der Waals surface area contributed by atoms with E-state index in [1.807, 2.05) is 38.1 Å². The van der Waals surface area contributed by atoms with Gasteiger partial charge in [-0.05, 0) is 37.6 Å². The Balaban J connectivity index is 2.18. The lowest BCUT2D eigenvalue weighted by molar-refractivity contribution is 0.166. The number of hydrogen-bond acceptors (Lipinski definition) is 2. The third kappa shape index (κ3) is 3.81. The van der Waals surface area contributed by atoms with Gasteiger partial charge >= 0.3 is 0 Å². The molecular weight excluding hydrogens is 255 g/mol. The fourth-order valence-electron chi connectivity index (χ4n) is 2.11. The molecule has 0 radical (unpaired) electrons. The normalized spacial score (nSPS) is 12.4. The Morgan fingerprint density at radius 3 is 2.55 bits per heavy atom. The van der Waals surface area contributed by atoms with Crippen LogP contribution < -0.4 is 4.74 Å². The molecule has 1 unspecified atom stereocenters. The zero-order valence-electron chi connectivity index (χ0n) is 11.7. The molecule has 0 amide bonds. The van der Waals surface area contributed by atoms with E-state index in [9.17, 15) is 9.50 Å². The van der Waals surface area contributed by atoms with Gasteiger partial charge in [0.25, 0.3) is 0 Å². The second-order valence-electron chi connectivity index (χ2n) is 5.05. The van der Waals surface area contributed by atoms with Gasteiger partial charge in [0, 0.05) is 12.0 Å². The first-order chi connectivity index (χ1) is 9.56. The second-order valence-corrected chi connectivity index (χ2v) is 5.05. The number of ether oxygens (including phenoxy) is 1. The van der Waals surface area contributed by atoms with E-state index in [0.29, 0.717) is 12.2 Å². The van der Waals surface area contributed by atoms with Crippen LogP contribution in [0.2, 0.25) is 0 Å². The van der Waals surface area contributed by atoms with Crippen LogP contribution >= 0.6 is 0 Å². The summed E-state index contributed by atoms with van der Waals surface area (Å²) in [5.41, 5.74) is 1.49. The van der Waals surface area contributed by atoms with Gasteiger partial charge in [-0.1, -0.05) is 30.3 Å². The van der Waals surface area contributed by atoms with Crippen LogP contribution in [0.5, 0.6) is 5.75 Å². The summed E-state index contributed by atoms with van der Waals surface area (Å²) >= 11 is 0. The third-order valence-corrected chi connectivity index (χ3v) is 2.96. The number of benzene rings is 2. The maximum atomic E-state index is 13.2. The highest BCUT2D eigenvalue weighted by molar-refractivity contribution is 5.36. The Kier molecular flexibility index (Phi) is 4.74. The number of aliphatic hydroxyl groups excluding tert-OH is 1. The predicted molar refractivity (Wildman–Crippen MR) is 77.3 cm³/mol. The molecule has 0 saturated heterocycles. The van der Waals surface area contributed by atoms with E-state index < -0.39 is 6.10 Å². The molecule has 0 heterocycles. The van der Waals surface area contributed by atoms with Crippen LogP contribution in [0.15, 0.2) is 48.5 Å². The molecule has 20 heavy (non-hydrogen) atoms. The van der Waals surface area contributed by atoms with E-state index in [1.165, 1.54) is 12.1 Å². The predicted octanol–water partition coefficient (Wildman–Crippen LogP) is 3.89. The maximum Gasteiger partial charge on any atom is 0.125 e. The lowest BCUT2D eigenvalue weighted by Crippen LogP contribution is -2.10. The molecule has 0 aliphatic rings. The zero-order chi connectivity index (χ0) is 14.5. The molecule has 0 aliphatic carbocycles. The van der Waals surface area contributed by atoms with Gasteiger partial charge in [-0.15, -0.1) is 0 Å². The molecule has 2 nitrogen and oxygen atoms in total. The Labute approximate surface area is 118 Å². The summed E-state index contributed by atoms with van der Waals surface area (Å²) in [6.07, 6.45) is -0.319. The smallest absolute Gasteiger partial charge is 0.125 e. The molecule has 0 bridgehead atoms. The molecule has 2 aromatic rings. The van der Waals surface area contributed by atoms with Crippen molar-refractivity contribution in [2.75, 3.05) is 0 Å². The number of rotatable bonds is 5. The molecule has 106 valence electrons. The average Bonchev–Trinajstić information content (AvgIpc) is 2.38. The van der Waals surface area contributed by atoms with Crippen LogP contribution in [0, 0.1) is 5.82 Å². The zero-order valence-corrected chi connectivity index (χ0v) is 11.7. The van der Waals surface area contributed by atoms with Crippen molar-refractivity contribution in [2.45, 2.75) is 32.5 Å². The summed E-state index contributed by atoms with van der Waals surface area (Å²) in [7, 11) is 0. The van der Waals surface area contributed by atoms with Crippen molar-refractivity contribution < 1.29 is 14.2 Å². The molecule has 0 aromatic heterocycles. The SMILES string of the molecule is CC(C)Oc1ccccc1C(O)Cc1cccc(F)c1. The summed E-state index contributed by atoms with van der Waals surface area (Å²) in [5, 5.41) is 10.4. The minimum absolute atomic E-state index is 0.0394. The second kappa shape index (κ2) is 6.53. The summed E-state index contributed by atoms with van der Waals surface area (Å²) in [6.45, 7) is 3.88. The van der Waals surface area contributed by atoms with E-state index in [4.69, 9.17) is 4.74 Å². The van der Waals surface area contributed by atoms with Crippen LogP contribution in [-0.4, -0.2) is 11.2 Å². The van der Waals surface area contributed by atoms with Crippen LogP contribution in [0.1, 0.15) is 31.1 Å². The van der Waals surface area contributed by atoms with E-state index in [1.54, 1.807) is 12.1 Å². The van der Waals surface area contributed by atoms with E-state index in [-0.39, 0.29) is 11.9 Å². The summed E-state index contributed by atoms with van der Waals surface area (Å²) < 4.78 is 18.9. The number of halogens is 1. The van der Waals surface area contributed by atoms with Crippen molar-refractivity contribution in [3.63, 3.8) is 0 Å². The quantitative estimate of drug-likeness (QED) is 0.896. The van der Waals surface area contributed by atoms with Gasteiger partial charge in [-0.2, -0.15) is 0 Å². The van der Waals surface area contributed by atoms with Crippen LogP contribution in [0.3, 0.4) is 0 Å². The lowest BCUT2D eigenvalue weighted by Gasteiger charge is -2.18. The minimum atomic E-state index is -0.716. The summed E-state index contributed by atoms with van der Waals surface area (Å²) in [5.74, 6) is 0.382. The molecule has 2 aromatic carbocycles.